The van der Waals surface area contributed by atoms with Crippen LogP contribution in [0.2, 0.25) is 0 Å². The number of anilines is 1. The van der Waals surface area contributed by atoms with Crippen LogP contribution in [0.25, 0.3) is 10.2 Å². The van der Waals surface area contributed by atoms with Crippen LogP contribution in [0.1, 0.15) is 13.3 Å². The van der Waals surface area contributed by atoms with Crippen LogP contribution in [-0.2, 0) is 4.79 Å². The molecule has 0 aliphatic carbocycles. The molecule has 7 nitrogen and oxygen atoms in total. The number of rotatable bonds is 8. The predicted octanol–water partition coefficient (Wildman–Crippen LogP) is 3.82. The summed E-state index contributed by atoms with van der Waals surface area (Å²) in [5.41, 5.74) is 0.779. The van der Waals surface area contributed by atoms with Crippen LogP contribution < -0.4 is 19.1 Å². The quantitative estimate of drug-likeness (QED) is 0.530. The molecule has 0 bridgehead atoms. The molecule has 2 heterocycles. The summed E-state index contributed by atoms with van der Waals surface area (Å²) < 4.78 is 18.5. The Labute approximate surface area is 186 Å². The third kappa shape index (κ3) is 4.75. The van der Waals surface area contributed by atoms with Crippen molar-refractivity contribution in [1.82, 2.24) is 9.88 Å². The molecular weight excluding hydrogens is 414 g/mol. The van der Waals surface area contributed by atoms with Crippen molar-refractivity contribution in [2.24, 2.45) is 0 Å². The second-order valence-electron chi connectivity index (χ2n) is 7.54. The molecule has 0 radical (unpaired) electrons. The van der Waals surface area contributed by atoms with E-state index in [4.69, 9.17) is 19.2 Å². The highest BCUT2D eigenvalue weighted by molar-refractivity contribution is 7.22. The number of hydrogen-bond acceptors (Lipinski definition) is 7. The third-order valence-electron chi connectivity index (χ3n) is 4.94. The van der Waals surface area contributed by atoms with E-state index in [9.17, 15) is 4.79 Å². The first-order chi connectivity index (χ1) is 15.1. The summed E-state index contributed by atoms with van der Waals surface area (Å²) in [7, 11) is 4.04. The molecule has 1 atom stereocenters. The van der Waals surface area contributed by atoms with E-state index in [1.165, 1.54) is 11.3 Å². The molecule has 0 saturated heterocycles. The van der Waals surface area contributed by atoms with Crippen LogP contribution in [0.3, 0.4) is 0 Å². The van der Waals surface area contributed by atoms with Gasteiger partial charge in [0.2, 0.25) is 6.10 Å². The van der Waals surface area contributed by atoms with Crippen molar-refractivity contribution in [2.75, 3.05) is 45.3 Å². The van der Waals surface area contributed by atoms with Gasteiger partial charge in [-0.05, 0) is 58.3 Å². The smallest absolute Gasteiger partial charge is 0.273 e. The summed E-state index contributed by atoms with van der Waals surface area (Å²) in [4.78, 5) is 22.1. The number of carbonyl (C=O) groups excluding carboxylic acids is 1. The number of hydrogen-bond donors (Lipinski definition) is 0. The molecule has 8 heteroatoms. The van der Waals surface area contributed by atoms with Gasteiger partial charge in [0.05, 0.1) is 11.3 Å². The number of nitrogens with zero attached hydrogens (tertiary/aromatic N) is 3. The fourth-order valence-corrected chi connectivity index (χ4v) is 4.47. The highest BCUT2D eigenvalue weighted by Gasteiger charge is 2.33. The lowest BCUT2D eigenvalue weighted by atomic mass is 10.2. The van der Waals surface area contributed by atoms with Crippen molar-refractivity contribution in [3.05, 3.63) is 42.5 Å². The van der Waals surface area contributed by atoms with E-state index < -0.39 is 6.10 Å². The summed E-state index contributed by atoms with van der Waals surface area (Å²) >= 11 is 1.49. The van der Waals surface area contributed by atoms with E-state index in [2.05, 4.69) is 4.90 Å². The SMILES string of the molecule is CCOc1cccc2sc(N(CCCN(C)C)C(=O)C3COc4ccccc4O3)nc12. The maximum atomic E-state index is 13.5. The molecule has 4 rings (SSSR count). The van der Waals surface area contributed by atoms with Gasteiger partial charge in [-0.2, -0.15) is 0 Å². The van der Waals surface area contributed by atoms with Crippen LogP contribution in [0.15, 0.2) is 42.5 Å². The summed E-state index contributed by atoms with van der Waals surface area (Å²) in [5, 5.41) is 0.647. The Balaban J connectivity index is 1.62. The number of aromatic nitrogens is 1. The summed E-state index contributed by atoms with van der Waals surface area (Å²) in [6.07, 6.45) is 0.101. The highest BCUT2D eigenvalue weighted by Crippen LogP contribution is 2.36. The molecule has 0 spiro atoms. The van der Waals surface area contributed by atoms with Crippen molar-refractivity contribution in [1.29, 1.82) is 0 Å². The van der Waals surface area contributed by atoms with Gasteiger partial charge < -0.3 is 19.1 Å². The predicted molar refractivity (Wildman–Crippen MR) is 123 cm³/mol. The second-order valence-corrected chi connectivity index (χ2v) is 8.55. The average Bonchev–Trinajstić information content (AvgIpc) is 3.21. The van der Waals surface area contributed by atoms with E-state index in [0.29, 0.717) is 29.8 Å². The van der Waals surface area contributed by atoms with Crippen molar-refractivity contribution in [2.45, 2.75) is 19.4 Å². The monoisotopic (exact) mass is 441 g/mol. The normalized spacial score (nSPS) is 15.3. The number of benzene rings is 2. The summed E-state index contributed by atoms with van der Waals surface area (Å²) in [6.45, 7) is 4.09. The molecule has 0 saturated carbocycles. The van der Waals surface area contributed by atoms with Crippen LogP contribution in [0, 0.1) is 0 Å². The lowest BCUT2D eigenvalue weighted by molar-refractivity contribution is -0.127. The van der Waals surface area contributed by atoms with Gasteiger partial charge in [0.25, 0.3) is 5.91 Å². The first-order valence-electron chi connectivity index (χ1n) is 10.4. The molecule has 1 unspecified atom stereocenters. The van der Waals surface area contributed by atoms with E-state index in [0.717, 1.165) is 28.9 Å². The lowest BCUT2D eigenvalue weighted by Gasteiger charge is -2.29. The van der Waals surface area contributed by atoms with Gasteiger partial charge in [0, 0.05) is 6.54 Å². The first kappa shape index (κ1) is 21.4. The van der Waals surface area contributed by atoms with Gasteiger partial charge >= 0.3 is 0 Å². The number of thiazole rings is 1. The number of para-hydroxylation sites is 3. The number of fused-ring (bicyclic) bond motifs is 2. The third-order valence-corrected chi connectivity index (χ3v) is 5.98. The maximum absolute atomic E-state index is 13.5. The zero-order chi connectivity index (χ0) is 21.8. The van der Waals surface area contributed by atoms with Gasteiger partial charge in [-0.25, -0.2) is 4.98 Å². The van der Waals surface area contributed by atoms with Crippen LogP contribution in [0.5, 0.6) is 17.2 Å². The molecule has 31 heavy (non-hydrogen) atoms. The Hall–Kier alpha value is -2.84. The van der Waals surface area contributed by atoms with Crippen molar-refractivity contribution in [3.8, 4) is 17.2 Å². The molecule has 1 aliphatic heterocycles. The zero-order valence-corrected chi connectivity index (χ0v) is 18.9. The fraction of sp³-hybridized carbons (Fsp3) is 0.391. The zero-order valence-electron chi connectivity index (χ0n) is 18.0. The average molecular weight is 442 g/mol. The standard InChI is InChI=1S/C23H27N3O4S/c1-4-28-18-11-7-12-20-21(18)24-23(31-20)26(14-8-13-25(2)3)22(27)19-15-29-16-9-5-6-10-17(16)30-19/h5-7,9-12,19H,4,8,13-15H2,1-3H3. The minimum absolute atomic E-state index is 0.148. The van der Waals surface area contributed by atoms with Crippen molar-refractivity contribution < 1.29 is 19.0 Å². The Morgan fingerprint density at radius 3 is 2.74 bits per heavy atom. The van der Waals surface area contributed by atoms with Gasteiger partial charge in [-0.3, -0.25) is 9.69 Å². The molecule has 1 aromatic heterocycles. The first-order valence-corrected chi connectivity index (χ1v) is 11.3. The van der Waals surface area contributed by atoms with Gasteiger partial charge in [0.1, 0.15) is 17.9 Å². The highest BCUT2D eigenvalue weighted by atomic mass is 32.1. The Kier molecular flexibility index (Phi) is 6.58. The van der Waals surface area contributed by atoms with E-state index in [1.54, 1.807) is 4.90 Å². The van der Waals surface area contributed by atoms with E-state index in [-0.39, 0.29) is 12.5 Å². The molecule has 164 valence electrons. The number of amides is 1. The van der Waals surface area contributed by atoms with Crippen molar-refractivity contribution in [3.63, 3.8) is 0 Å². The van der Waals surface area contributed by atoms with Gasteiger partial charge in [-0.1, -0.05) is 29.5 Å². The van der Waals surface area contributed by atoms with Crippen LogP contribution in [-0.4, -0.2) is 62.3 Å². The Bertz CT molecular complexity index is 1050. The molecule has 1 aliphatic rings. The maximum Gasteiger partial charge on any atom is 0.273 e. The molecule has 0 N–H and O–H groups in total. The molecule has 3 aromatic rings. The van der Waals surface area contributed by atoms with E-state index >= 15 is 0 Å². The van der Waals surface area contributed by atoms with Crippen molar-refractivity contribution >= 4 is 32.6 Å². The summed E-state index contributed by atoms with van der Waals surface area (Å²) in [5.74, 6) is 1.83. The Morgan fingerprint density at radius 1 is 1.16 bits per heavy atom. The van der Waals surface area contributed by atoms with Gasteiger partial charge in [-0.15, -0.1) is 0 Å². The lowest BCUT2D eigenvalue weighted by Crippen LogP contribution is -2.47. The van der Waals surface area contributed by atoms with Crippen LogP contribution >= 0.6 is 11.3 Å². The molecule has 2 aromatic carbocycles. The molecular formula is C23H27N3O4S. The largest absolute Gasteiger partial charge is 0.492 e. The second kappa shape index (κ2) is 9.53. The number of carbonyl (C=O) groups is 1. The fourth-order valence-electron chi connectivity index (χ4n) is 3.46. The summed E-state index contributed by atoms with van der Waals surface area (Å²) in [6, 6.07) is 13.3. The van der Waals surface area contributed by atoms with Crippen LogP contribution in [0.4, 0.5) is 5.13 Å². The topological polar surface area (TPSA) is 64.1 Å². The van der Waals surface area contributed by atoms with E-state index in [1.807, 2.05) is 63.5 Å². The molecule has 0 fully saturated rings. The molecule has 1 amide bonds. The Morgan fingerprint density at radius 2 is 1.97 bits per heavy atom. The minimum atomic E-state index is -0.715. The van der Waals surface area contributed by atoms with Gasteiger partial charge in [0.15, 0.2) is 16.6 Å². The minimum Gasteiger partial charge on any atom is -0.492 e. The number of ether oxygens (including phenoxy) is 3.